The largest absolute Gasteiger partial charge is 0.422 e. The lowest BCUT2D eigenvalue weighted by molar-refractivity contribution is -0.138. The van der Waals surface area contributed by atoms with Crippen molar-refractivity contribution in [1.82, 2.24) is 5.32 Å². The summed E-state index contributed by atoms with van der Waals surface area (Å²) in [7, 11) is 0. The number of halogens is 3. The molecule has 7 heteroatoms. The van der Waals surface area contributed by atoms with Gasteiger partial charge in [-0.05, 0) is 29.8 Å². The Morgan fingerprint density at radius 1 is 1.04 bits per heavy atom. The maximum absolute atomic E-state index is 12.9. The molecular formula is C17H14F3NO3. The van der Waals surface area contributed by atoms with Crippen molar-refractivity contribution in [3.8, 4) is 5.75 Å². The summed E-state index contributed by atoms with van der Waals surface area (Å²) >= 11 is 0. The number of rotatable bonds is 4. The molecule has 0 heterocycles. The van der Waals surface area contributed by atoms with E-state index in [2.05, 4.69) is 5.32 Å². The van der Waals surface area contributed by atoms with Gasteiger partial charge in [0, 0.05) is 13.5 Å². The van der Waals surface area contributed by atoms with Crippen molar-refractivity contribution in [3.05, 3.63) is 65.2 Å². The van der Waals surface area contributed by atoms with Gasteiger partial charge in [0.25, 0.3) is 0 Å². The van der Waals surface area contributed by atoms with Gasteiger partial charge in [-0.15, -0.1) is 0 Å². The van der Waals surface area contributed by atoms with Crippen molar-refractivity contribution in [2.24, 2.45) is 0 Å². The molecule has 0 atom stereocenters. The minimum absolute atomic E-state index is 0.110. The fourth-order valence-electron chi connectivity index (χ4n) is 1.93. The number of benzene rings is 2. The molecule has 0 spiro atoms. The molecule has 126 valence electrons. The lowest BCUT2D eigenvalue weighted by Gasteiger charge is -2.12. The second kappa shape index (κ2) is 7.16. The Labute approximate surface area is 136 Å². The van der Waals surface area contributed by atoms with E-state index >= 15 is 0 Å². The number of nitrogens with one attached hydrogen (secondary N) is 1. The van der Waals surface area contributed by atoms with Crippen molar-refractivity contribution in [1.29, 1.82) is 0 Å². The summed E-state index contributed by atoms with van der Waals surface area (Å²) in [5.74, 6) is -1.63. The molecule has 1 amide bonds. The maximum Gasteiger partial charge on any atom is 0.419 e. The van der Waals surface area contributed by atoms with Crippen LogP contribution in [0, 0.1) is 0 Å². The third kappa shape index (κ3) is 4.58. The predicted molar refractivity (Wildman–Crippen MR) is 80.4 cm³/mol. The van der Waals surface area contributed by atoms with Crippen LogP contribution in [0.25, 0.3) is 0 Å². The normalized spacial score (nSPS) is 11.0. The van der Waals surface area contributed by atoms with Crippen LogP contribution in [0.4, 0.5) is 13.2 Å². The van der Waals surface area contributed by atoms with E-state index < -0.39 is 23.5 Å². The molecule has 0 fully saturated rings. The van der Waals surface area contributed by atoms with Crippen LogP contribution in [0.2, 0.25) is 0 Å². The van der Waals surface area contributed by atoms with Gasteiger partial charge < -0.3 is 10.1 Å². The molecule has 24 heavy (non-hydrogen) atoms. The molecule has 0 saturated carbocycles. The van der Waals surface area contributed by atoms with Gasteiger partial charge in [-0.25, -0.2) is 4.79 Å². The van der Waals surface area contributed by atoms with E-state index in [4.69, 9.17) is 4.74 Å². The SMILES string of the molecule is CC(=O)NCc1ccc(C(=O)Oc2ccccc2C(F)(F)F)cc1. The van der Waals surface area contributed by atoms with Crippen LogP contribution < -0.4 is 10.1 Å². The van der Waals surface area contributed by atoms with Gasteiger partial charge >= 0.3 is 12.1 Å². The average Bonchev–Trinajstić information content (AvgIpc) is 2.53. The molecule has 0 aromatic heterocycles. The summed E-state index contributed by atoms with van der Waals surface area (Å²) in [4.78, 5) is 22.8. The van der Waals surface area contributed by atoms with Gasteiger partial charge in [0.05, 0.1) is 11.1 Å². The number of alkyl halides is 3. The smallest absolute Gasteiger partial charge is 0.419 e. The van der Waals surface area contributed by atoms with Crippen LogP contribution >= 0.6 is 0 Å². The topological polar surface area (TPSA) is 55.4 Å². The minimum Gasteiger partial charge on any atom is -0.422 e. The van der Waals surface area contributed by atoms with Crippen LogP contribution in [0.15, 0.2) is 48.5 Å². The highest BCUT2D eigenvalue weighted by Gasteiger charge is 2.34. The van der Waals surface area contributed by atoms with E-state index in [1.165, 1.54) is 31.2 Å². The molecule has 2 aromatic carbocycles. The molecule has 0 bridgehead atoms. The van der Waals surface area contributed by atoms with E-state index in [-0.39, 0.29) is 11.5 Å². The van der Waals surface area contributed by atoms with Crippen molar-refractivity contribution in [2.45, 2.75) is 19.6 Å². The Morgan fingerprint density at radius 2 is 1.67 bits per heavy atom. The summed E-state index contributed by atoms with van der Waals surface area (Å²) in [5.41, 5.74) is -0.156. The second-order valence-corrected chi connectivity index (χ2v) is 4.99. The number of hydrogen-bond donors (Lipinski definition) is 1. The molecule has 4 nitrogen and oxygen atoms in total. The zero-order valence-electron chi connectivity index (χ0n) is 12.7. The third-order valence-electron chi connectivity index (χ3n) is 3.13. The van der Waals surface area contributed by atoms with Crippen LogP contribution in [-0.2, 0) is 17.5 Å². The van der Waals surface area contributed by atoms with Crippen LogP contribution in [0.5, 0.6) is 5.75 Å². The fourth-order valence-corrected chi connectivity index (χ4v) is 1.93. The number of esters is 1. The van der Waals surface area contributed by atoms with Crippen molar-refractivity contribution < 1.29 is 27.5 Å². The van der Waals surface area contributed by atoms with Crippen LogP contribution in [0.3, 0.4) is 0 Å². The predicted octanol–water partition coefficient (Wildman–Crippen LogP) is 3.56. The highest BCUT2D eigenvalue weighted by atomic mass is 19.4. The zero-order valence-corrected chi connectivity index (χ0v) is 12.7. The minimum atomic E-state index is -4.61. The van der Waals surface area contributed by atoms with Gasteiger partial charge in [-0.1, -0.05) is 24.3 Å². The Balaban J connectivity index is 2.12. The quantitative estimate of drug-likeness (QED) is 0.686. The van der Waals surface area contributed by atoms with Crippen molar-refractivity contribution in [2.75, 3.05) is 0 Å². The van der Waals surface area contributed by atoms with Crippen molar-refractivity contribution in [3.63, 3.8) is 0 Å². The highest BCUT2D eigenvalue weighted by Crippen LogP contribution is 2.36. The maximum atomic E-state index is 12.9. The molecule has 0 aliphatic rings. The lowest BCUT2D eigenvalue weighted by Crippen LogP contribution is -2.19. The summed E-state index contributed by atoms with van der Waals surface area (Å²) in [6, 6.07) is 10.5. The standard InChI is InChI=1S/C17H14F3NO3/c1-11(22)21-10-12-6-8-13(9-7-12)16(23)24-15-5-3-2-4-14(15)17(18,19)20/h2-9H,10H2,1H3,(H,21,22). The summed E-state index contributed by atoms with van der Waals surface area (Å²) in [6.07, 6.45) is -4.61. The number of ether oxygens (including phenoxy) is 1. The highest BCUT2D eigenvalue weighted by molar-refractivity contribution is 5.91. The lowest BCUT2D eigenvalue weighted by atomic mass is 10.1. The van der Waals surface area contributed by atoms with E-state index in [1.54, 1.807) is 12.1 Å². The average molecular weight is 337 g/mol. The fraction of sp³-hybridized carbons (Fsp3) is 0.176. The molecule has 1 N–H and O–H groups in total. The van der Waals surface area contributed by atoms with Gasteiger partial charge in [-0.2, -0.15) is 13.2 Å². The number of carbonyl (C=O) groups is 2. The first-order valence-corrected chi connectivity index (χ1v) is 6.99. The third-order valence-corrected chi connectivity index (χ3v) is 3.13. The Kier molecular flexibility index (Phi) is 5.23. The summed E-state index contributed by atoms with van der Waals surface area (Å²) in [6.45, 7) is 1.67. The number of amides is 1. The van der Waals surface area contributed by atoms with Gasteiger partial charge in [-0.3, -0.25) is 4.79 Å². The first-order valence-electron chi connectivity index (χ1n) is 6.99. The molecule has 2 rings (SSSR count). The molecule has 2 aromatic rings. The van der Waals surface area contributed by atoms with E-state index in [0.717, 1.165) is 17.7 Å². The first-order chi connectivity index (χ1) is 11.3. The molecule has 0 saturated heterocycles. The summed E-state index contributed by atoms with van der Waals surface area (Å²) < 4.78 is 43.5. The van der Waals surface area contributed by atoms with Gasteiger partial charge in [0.2, 0.25) is 5.91 Å². The number of carbonyl (C=O) groups excluding carboxylic acids is 2. The number of para-hydroxylation sites is 1. The molecule has 0 unspecified atom stereocenters. The van der Waals surface area contributed by atoms with Crippen LogP contribution in [0.1, 0.15) is 28.4 Å². The van der Waals surface area contributed by atoms with E-state index in [0.29, 0.717) is 6.54 Å². The Bertz CT molecular complexity index is 739. The zero-order chi connectivity index (χ0) is 17.7. The molecular weight excluding hydrogens is 323 g/mol. The van der Waals surface area contributed by atoms with E-state index in [9.17, 15) is 22.8 Å². The van der Waals surface area contributed by atoms with Crippen molar-refractivity contribution >= 4 is 11.9 Å². The second-order valence-electron chi connectivity index (χ2n) is 4.99. The number of hydrogen-bond acceptors (Lipinski definition) is 3. The first kappa shape index (κ1) is 17.5. The van der Waals surface area contributed by atoms with Gasteiger partial charge in [0.1, 0.15) is 5.75 Å². The molecule has 0 aliphatic heterocycles. The van der Waals surface area contributed by atoms with E-state index in [1.807, 2.05) is 0 Å². The van der Waals surface area contributed by atoms with Gasteiger partial charge in [0.15, 0.2) is 0 Å². The summed E-state index contributed by atoms with van der Waals surface area (Å²) in [5, 5.41) is 2.59. The molecule has 0 aliphatic carbocycles. The van der Waals surface area contributed by atoms with Crippen LogP contribution in [-0.4, -0.2) is 11.9 Å². The Hall–Kier alpha value is -2.83. The molecule has 0 radical (unpaired) electrons. The Morgan fingerprint density at radius 3 is 2.25 bits per heavy atom. The monoisotopic (exact) mass is 337 g/mol.